The maximum absolute atomic E-state index is 12.0. The lowest BCUT2D eigenvalue weighted by molar-refractivity contribution is 0.103. The van der Waals surface area contributed by atoms with Crippen molar-refractivity contribution in [3.63, 3.8) is 0 Å². The summed E-state index contributed by atoms with van der Waals surface area (Å²) < 4.78 is 3.58. The van der Waals surface area contributed by atoms with Gasteiger partial charge >= 0.3 is 0 Å². The largest absolute Gasteiger partial charge is 0.304 e. The van der Waals surface area contributed by atoms with Crippen molar-refractivity contribution in [3.05, 3.63) is 31.5 Å². The highest BCUT2D eigenvalue weighted by molar-refractivity contribution is 9.13. The topological polar surface area (TPSA) is 46.9 Å². The molecular formula is C11H11Br2N3OS. The molecule has 0 unspecified atom stereocenters. The monoisotopic (exact) mass is 391 g/mol. The Balaban J connectivity index is 2.11. The first-order valence-electron chi connectivity index (χ1n) is 5.28. The summed E-state index contributed by atoms with van der Waals surface area (Å²) in [5.41, 5.74) is 0. The van der Waals surface area contributed by atoms with E-state index >= 15 is 0 Å². The maximum atomic E-state index is 12.0. The van der Waals surface area contributed by atoms with Crippen molar-refractivity contribution >= 4 is 54.9 Å². The molecule has 0 fully saturated rings. The molecule has 0 aromatic carbocycles. The van der Waals surface area contributed by atoms with Crippen LogP contribution in [0.5, 0.6) is 0 Å². The molecule has 0 saturated heterocycles. The van der Waals surface area contributed by atoms with Gasteiger partial charge in [0.15, 0.2) is 5.82 Å². The number of rotatable bonds is 3. The molecule has 0 atom stereocenters. The number of nitrogens with one attached hydrogen (secondary N) is 1. The van der Waals surface area contributed by atoms with E-state index in [9.17, 15) is 4.79 Å². The molecule has 18 heavy (non-hydrogen) atoms. The fourth-order valence-electron chi connectivity index (χ4n) is 1.33. The molecule has 0 radical (unpaired) electrons. The Hall–Kier alpha value is -0.660. The van der Waals surface area contributed by atoms with Gasteiger partial charge in [-0.3, -0.25) is 9.48 Å². The second-order valence-corrected chi connectivity index (χ2v) is 7.19. The van der Waals surface area contributed by atoms with Crippen LogP contribution in [0.25, 0.3) is 0 Å². The Morgan fingerprint density at radius 3 is 2.72 bits per heavy atom. The summed E-state index contributed by atoms with van der Waals surface area (Å²) >= 11 is 8.10. The zero-order valence-electron chi connectivity index (χ0n) is 9.78. The van der Waals surface area contributed by atoms with Crippen LogP contribution < -0.4 is 5.32 Å². The van der Waals surface area contributed by atoms with Gasteiger partial charge in [0.2, 0.25) is 0 Å². The van der Waals surface area contributed by atoms with Crippen LogP contribution in [0.4, 0.5) is 5.82 Å². The van der Waals surface area contributed by atoms with Gasteiger partial charge in [-0.05, 0) is 51.8 Å². The Kier molecular flexibility index (Phi) is 4.24. The van der Waals surface area contributed by atoms with Gasteiger partial charge in [-0.15, -0.1) is 11.3 Å². The minimum absolute atomic E-state index is 0.152. The molecule has 2 rings (SSSR count). The summed E-state index contributed by atoms with van der Waals surface area (Å²) in [5.74, 6) is 0.412. The fourth-order valence-corrected chi connectivity index (χ4v) is 3.26. The number of anilines is 1. The molecule has 0 aliphatic heterocycles. The second-order valence-electron chi connectivity index (χ2n) is 3.96. The van der Waals surface area contributed by atoms with Crippen LogP contribution in [0.2, 0.25) is 0 Å². The van der Waals surface area contributed by atoms with Gasteiger partial charge in [-0.1, -0.05) is 0 Å². The Morgan fingerprint density at radius 2 is 2.22 bits per heavy atom. The first-order chi connectivity index (χ1) is 8.47. The standard InChI is InChI=1S/C11H11Br2N3OS/c1-6(2)16-4-3-9(15-16)14-11(17)8-5-7(12)10(13)18-8/h3-6H,1-2H3,(H,14,15,17). The fraction of sp³-hybridized carbons (Fsp3) is 0.273. The predicted octanol–water partition coefficient (Wildman–Crippen LogP) is 4.30. The van der Waals surface area contributed by atoms with Gasteiger partial charge in [-0.25, -0.2) is 0 Å². The van der Waals surface area contributed by atoms with Crippen LogP contribution in [0.1, 0.15) is 29.6 Å². The molecule has 0 bridgehead atoms. The van der Waals surface area contributed by atoms with Gasteiger partial charge in [0.05, 0.1) is 8.66 Å². The van der Waals surface area contributed by atoms with Gasteiger partial charge in [-0.2, -0.15) is 5.10 Å². The van der Waals surface area contributed by atoms with Crippen LogP contribution in [0.3, 0.4) is 0 Å². The molecule has 4 nitrogen and oxygen atoms in total. The Morgan fingerprint density at radius 1 is 1.50 bits per heavy atom. The molecule has 0 aliphatic carbocycles. The number of aromatic nitrogens is 2. The number of thiophene rings is 1. The lowest BCUT2D eigenvalue weighted by Crippen LogP contribution is -2.11. The molecule has 7 heteroatoms. The van der Waals surface area contributed by atoms with Crippen molar-refractivity contribution in [1.82, 2.24) is 9.78 Å². The van der Waals surface area contributed by atoms with E-state index in [1.54, 1.807) is 16.8 Å². The first kappa shape index (κ1) is 13.8. The number of hydrogen-bond donors (Lipinski definition) is 1. The van der Waals surface area contributed by atoms with Gasteiger partial charge in [0, 0.05) is 22.8 Å². The van der Waals surface area contributed by atoms with Crippen molar-refractivity contribution in [2.24, 2.45) is 0 Å². The molecular weight excluding hydrogens is 382 g/mol. The molecule has 2 aromatic rings. The molecule has 1 amide bonds. The van der Waals surface area contributed by atoms with Crippen LogP contribution >= 0.6 is 43.2 Å². The van der Waals surface area contributed by atoms with Crippen molar-refractivity contribution in [2.45, 2.75) is 19.9 Å². The summed E-state index contributed by atoms with van der Waals surface area (Å²) in [6.07, 6.45) is 1.85. The summed E-state index contributed by atoms with van der Waals surface area (Å²) in [5, 5.41) is 7.04. The predicted molar refractivity (Wildman–Crippen MR) is 80.3 cm³/mol. The lowest BCUT2D eigenvalue weighted by Gasteiger charge is -2.03. The number of nitrogens with zero attached hydrogens (tertiary/aromatic N) is 2. The van der Waals surface area contributed by atoms with E-state index in [0.717, 1.165) is 8.26 Å². The molecule has 0 saturated carbocycles. The number of amides is 1. The Labute approximate surface area is 126 Å². The molecule has 2 heterocycles. The third kappa shape index (κ3) is 3.02. The maximum Gasteiger partial charge on any atom is 0.267 e. The van der Waals surface area contributed by atoms with E-state index in [2.05, 4.69) is 42.3 Å². The highest BCUT2D eigenvalue weighted by atomic mass is 79.9. The summed E-state index contributed by atoms with van der Waals surface area (Å²) in [6.45, 7) is 4.07. The lowest BCUT2D eigenvalue weighted by atomic mass is 10.4. The van der Waals surface area contributed by atoms with E-state index in [1.807, 2.05) is 20.0 Å². The molecule has 2 aromatic heterocycles. The van der Waals surface area contributed by atoms with E-state index in [4.69, 9.17) is 0 Å². The number of carbonyl (C=O) groups excluding carboxylic acids is 1. The SMILES string of the molecule is CC(C)n1ccc(NC(=O)c2cc(Br)c(Br)s2)n1. The normalized spacial score (nSPS) is 10.9. The minimum Gasteiger partial charge on any atom is -0.304 e. The second kappa shape index (κ2) is 5.54. The molecule has 1 N–H and O–H groups in total. The average molecular weight is 393 g/mol. The molecule has 96 valence electrons. The minimum atomic E-state index is -0.152. The van der Waals surface area contributed by atoms with Gasteiger partial charge in [0.25, 0.3) is 5.91 Å². The zero-order valence-corrected chi connectivity index (χ0v) is 13.8. The van der Waals surface area contributed by atoms with Gasteiger partial charge < -0.3 is 5.32 Å². The Bertz CT molecular complexity index is 557. The quantitative estimate of drug-likeness (QED) is 0.846. The third-order valence-electron chi connectivity index (χ3n) is 2.25. The third-order valence-corrected chi connectivity index (χ3v) is 5.50. The first-order valence-corrected chi connectivity index (χ1v) is 7.69. The van der Waals surface area contributed by atoms with E-state index in [0.29, 0.717) is 10.7 Å². The molecule has 0 aliphatic rings. The van der Waals surface area contributed by atoms with Crippen LogP contribution in [-0.2, 0) is 0 Å². The van der Waals surface area contributed by atoms with Crippen molar-refractivity contribution in [3.8, 4) is 0 Å². The van der Waals surface area contributed by atoms with E-state index in [1.165, 1.54) is 11.3 Å². The number of halogens is 2. The van der Waals surface area contributed by atoms with Crippen molar-refractivity contribution in [2.75, 3.05) is 5.32 Å². The van der Waals surface area contributed by atoms with Crippen molar-refractivity contribution < 1.29 is 4.79 Å². The number of carbonyl (C=O) groups is 1. The number of hydrogen-bond acceptors (Lipinski definition) is 3. The summed E-state index contributed by atoms with van der Waals surface area (Å²) in [7, 11) is 0. The van der Waals surface area contributed by atoms with E-state index in [-0.39, 0.29) is 11.9 Å². The van der Waals surface area contributed by atoms with Crippen molar-refractivity contribution in [1.29, 1.82) is 0 Å². The van der Waals surface area contributed by atoms with Crippen LogP contribution in [0.15, 0.2) is 26.6 Å². The molecule has 0 spiro atoms. The zero-order chi connectivity index (χ0) is 13.3. The highest BCUT2D eigenvalue weighted by Gasteiger charge is 2.13. The van der Waals surface area contributed by atoms with Crippen LogP contribution in [-0.4, -0.2) is 15.7 Å². The smallest absolute Gasteiger partial charge is 0.267 e. The highest BCUT2D eigenvalue weighted by Crippen LogP contribution is 2.32. The summed E-state index contributed by atoms with van der Waals surface area (Å²) in [4.78, 5) is 12.6. The average Bonchev–Trinajstić information content (AvgIpc) is 2.87. The van der Waals surface area contributed by atoms with Crippen LogP contribution in [0, 0.1) is 0 Å². The van der Waals surface area contributed by atoms with Gasteiger partial charge in [0.1, 0.15) is 0 Å². The summed E-state index contributed by atoms with van der Waals surface area (Å²) in [6, 6.07) is 3.85. The van der Waals surface area contributed by atoms with E-state index < -0.39 is 0 Å².